The van der Waals surface area contributed by atoms with Gasteiger partial charge in [0.25, 0.3) is 0 Å². The Morgan fingerprint density at radius 1 is 1.00 bits per heavy atom. The average molecular weight is 494 g/mol. The summed E-state index contributed by atoms with van der Waals surface area (Å²) in [5.41, 5.74) is 2.53. The molecule has 4 nitrogen and oxygen atoms in total. The van der Waals surface area contributed by atoms with Crippen molar-refractivity contribution in [2.45, 2.75) is 11.4 Å². The SMILES string of the molecule is CN=C(NCCSc1ccccc1)NCc1ccc(N2CC=CC2)cc1.I. The molecular weight excluding hydrogens is 467 g/mol. The van der Waals surface area contributed by atoms with Crippen LogP contribution in [0.1, 0.15) is 5.56 Å². The Hall–Kier alpha value is -1.67. The highest BCUT2D eigenvalue weighted by Crippen LogP contribution is 2.17. The molecule has 2 aromatic rings. The highest BCUT2D eigenvalue weighted by Gasteiger charge is 2.07. The van der Waals surface area contributed by atoms with Crippen LogP contribution in [0.3, 0.4) is 0 Å². The standard InChI is InChI=1S/C21H26N4S.HI/c1-22-21(23-13-16-26-20-7-3-2-4-8-20)24-17-18-9-11-19(12-10-18)25-14-5-6-15-25;/h2-12H,13-17H2,1H3,(H2,22,23,24);1H. The van der Waals surface area contributed by atoms with Crippen LogP contribution in [0, 0.1) is 0 Å². The Morgan fingerprint density at radius 3 is 2.37 bits per heavy atom. The molecule has 2 N–H and O–H groups in total. The molecular formula is C21H27IN4S. The van der Waals surface area contributed by atoms with Crippen LogP contribution in [0.2, 0.25) is 0 Å². The molecule has 0 bridgehead atoms. The Bertz CT molecular complexity index is 724. The minimum Gasteiger partial charge on any atom is -0.364 e. The number of aliphatic imine (C=N–C) groups is 1. The van der Waals surface area contributed by atoms with E-state index in [1.54, 1.807) is 0 Å². The molecule has 0 saturated heterocycles. The van der Waals surface area contributed by atoms with E-state index in [0.717, 1.165) is 37.9 Å². The second kappa shape index (κ2) is 11.9. The molecule has 0 unspecified atom stereocenters. The van der Waals surface area contributed by atoms with Gasteiger partial charge in [0.15, 0.2) is 5.96 Å². The van der Waals surface area contributed by atoms with E-state index in [-0.39, 0.29) is 24.0 Å². The average Bonchev–Trinajstić information content (AvgIpc) is 3.23. The second-order valence-corrected chi connectivity index (χ2v) is 7.23. The van der Waals surface area contributed by atoms with E-state index in [9.17, 15) is 0 Å². The highest BCUT2D eigenvalue weighted by molar-refractivity contribution is 14.0. The molecule has 1 aliphatic rings. The minimum absolute atomic E-state index is 0. The van der Waals surface area contributed by atoms with Crippen molar-refractivity contribution in [1.82, 2.24) is 10.6 Å². The number of rotatable bonds is 7. The summed E-state index contributed by atoms with van der Waals surface area (Å²) in [7, 11) is 1.81. The van der Waals surface area contributed by atoms with Crippen molar-refractivity contribution in [2.24, 2.45) is 4.99 Å². The van der Waals surface area contributed by atoms with E-state index in [4.69, 9.17) is 0 Å². The monoisotopic (exact) mass is 494 g/mol. The molecule has 0 spiro atoms. The fourth-order valence-electron chi connectivity index (χ4n) is 2.77. The predicted octanol–water partition coefficient (Wildman–Crippen LogP) is 4.14. The molecule has 0 aliphatic carbocycles. The van der Waals surface area contributed by atoms with E-state index in [1.165, 1.54) is 16.1 Å². The van der Waals surface area contributed by atoms with E-state index in [1.807, 2.05) is 24.9 Å². The molecule has 2 aromatic carbocycles. The molecule has 0 saturated carbocycles. The summed E-state index contributed by atoms with van der Waals surface area (Å²) in [5.74, 6) is 1.84. The number of hydrogen-bond donors (Lipinski definition) is 2. The van der Waals surface area contributed by atoms with E-state index in [0.29, 0.717) is 0 Å². The molecule has 0 atom stereocenters. The zero-order valence-corrected chi connectivity index (χ0v) is 18.7. The number of nitrogens with zero attached hydrogens (tertiary/aromatic N) is 2. The van der Waals surface area contributed by atoms with Crippen molar-refractivity contribution < 1.29 is 0 Å². The van der Waals surface area contributed by atoms with Gasteiger partial charge in [-0.1, -0.05) is 42.5 Å². The van der Waals surface area contributed by atoms with Crippen LogP contribution >= 0.6 is 35.7 Å². The Labute approximate surface area is 183 Å². The van der Waals surface area contributed by atoms with Gasteiger partial charge in [0, 0.05) is 49.6 Å². The number of hydrogen-bond acceptors (Lipinski definition) is 3. The molecule has 27 heavy (non-hydrogen) atoms. The van der Waals surface area contributed by atoms with Crippen LogP contribution < -0.4 is 15.5 Å². The lowest BCUT2D eigenvalue weighted by atomic mass is 10.2. The number of nitrogens with one attached hydrogen (secondary N) is 2. The van der Waals surface area contributed by atoms with Gasteiger partial charge >= 0.3 is 0 Å². The number of guanidine groups is 1. The third-order valence-electron chi connectivity index (χ3n) is 4.21. The lowest BCUT2D eigenvalue weighted by molar-refractivity contribution is 0.832. The van der Waals surface area contributed by atoms with E-state index >= 15 is 0 Å². The Balaban J connectivity index is 0.00000261. The number of benzene rings is 2. The zero-order valence-electron chi connectivity index (χ0n) is 15.6. The molecule has 6 heteroatoms. The van der Waals surface area contributed by atoms with Gasteiger partial charge in [0.2, 0.25) is 0 Å². The van der Waals surface area contributed by atoms with Crippen molar-refractivity contribution in [3.05, 3.63) is 72.3 Å². The van der Waals surface area contributed by atoms with Gasteiger partial charge < -0.3 is 15.5 Å². The number of thioether (sulfide) groups is 1. The van der Waals surface area contributed by atoms with Crippen LogP contribution in [-0.4, -0.2) is 38.4 Å². The molecule has 1 heterocycles. The minimum atomic E-state index is 0. The first kappa shape index (κ1) is 21.6. The summed E-state index contributed by atoms with van der Waals surface area (Å²) in [6, 6.07) is 19.2. The van der Waals surface area contributed by atoms with Crippen molar-refractivity contribution in [3.63, 3.8) is 0 Å². The third kappa shape index (κ3) is 7.10. The van der Waals surface area contributed by atoms with Crippen LogP contribution in [0.5, 0.6) is 0 Å². The van der Waals surface area contributed by atoms with Crippen molar-refractivity contribution in [3.8, 4) is 0 Å². The summed E-state index contributed by atoms with van der Waals surface area (Å²) < 4.78 is 0. The van der Waals surface area contributed by atoms with Gasteiger partial charge in [0.1, 0.15) is 0 Å². The maximum absolute atomic E-state index is 4.30. The molecule has 0 radical (unpaired) electrons. The molecule has 1 aliphatic heterocycles. The van der Waals surface area contributed by atoms with Gasteiger partial charge in [-0.05, 0) is 29.8 Å². The van der Waals surface area contributed by atoms with E-state index in [2.05, 4.69) is 81.2 Å². The smallest absolute Gasteiger partial charge is 0.191 e. The fraction of sp³-hybridized carbons (Fsp3) is 0.286. The molecule has 144 valence electrons. The Kier molecular flexibility index (Phi) is 9.55. The maximum Gasteiger partial charge on any atom is 0.191 e. The van der Waals surface area contributed by atoms with E-state index < -0.39 is 0 Å². The second-order valence-electron chi connectivity index (χ2n) is 6.06. The largest absolute Gasteiger partial charge is 0.364 e. The van der Waals surface area contributed by atoms with Gasteiger partial charge in [-0.25, -0.2) is 0 Å². The summed E-state index contributed by atoms with van der Waals surface area (Å²) in [4.78, 5) is 7.94. The summed E-state index contributed by atoms with van der Waals surface area (Å²) in [6.07, 6.45) is 4.42. The molecule has 3 rings (SSSR count). The number of anilines is 1. The number of halogens is 1. The fourth-order valence-corrected chi connectivity index (χ4v) is 3.56. The molecule has 0 fully saturated rings. The first-order chi connectivity index (χ1) is 12.8. The molecule has 0 amide bonds. The van der Waals surface area contributed by atoms with Crippen LogP contribution in [0.25, 0.3) is 0 Å². The third-order valence-corrected chi connectivity index (χ3v) is 5.22. The summed E-state index contributed by atoms with van der Waals surface area (Å²) in [6.45, 7) is 3.66. The predicted molar refractivity (Wildman–Crippen MR) is 129 cm³/mol. The van der Waals surface area contributed by atoms with Crippen molar-refractivity contribution >= 4 is 47.4 Å². The van der Waals surface area contributed by atoms with Crippen LogP contribution in [-0.2, 0) is 6.54 Å². The van der Waals surface area contributed by atoms with Gasteiger partial charge in [-0.3, -0.25) is 4.99 Å². The summed E-state index contributed by atoms with van der Waals surface area (Å²) >= 11 is 1.85. The first-order valence-electron chi connectivity index (χ1n) is 8.96. The van der Waals surface area contributed by atoms with Crippen LogP contribution in [0.4, 0.5) is 5.69 Å². The van der Waals surface area contributed by atoms with Crippen molar-refractivity contribution in [1.29, 1.82) is 0 Å². The zero-order chi connectivity index (χ0) is 18.0. The first-order valence-corrected chi connectivity index (χ1v) is 9.95. The summed E-state index contributed by atoms with van der Waals surface area (Å²) in [5, 5.41) is 6.74. The lowest BCUT2D eigenvalue weighted by Crippen LogP contribution is -2.37. The quantitative estimate of drug-likeness (QED) is 0.152. The lowest BCUT2D eigenvalue weighted by Gasteiger charge is -2.18. The normalized spacial score (nSPS) is 13.4. The van der Waals surface area contributed by atoms with Gasteiger partial charge in [-0.15, -0.1) is 35.7 Å². The Morgan fingerprint density at radius 2 is 1.70 bits per heavy atom. The maximum atomic E-state index is 4.30. The topological polar surface area (TPSA) is 39.7 Å². The van der Waals surface area contributed by atoms with Crippen LogP contribution in [0.15, 0.2) is 76.6 Å². The highest BCUT2D eigenvalue weighted by atomic mass is 127. The molecule has 0 aromatic heterocycles. The van der Waals surface area contributed by atoms with Crippen molar-refractivity contribution in [2.75, 3.05) is 37.3 Å². The van der Waals surface area contributed by atoms with Gasteiger partial charge in [-0.2, -0.15) is 0 Å². The van der Waals surface area contributed by atoms with Gasteiger partial charge in [0.05, 0.1) is 0 Å².